The van der Waals surface area contributed by atoms with Gasteiger partial charge in [0.1, 0.15) is 5.78 Å². The van der Waals surface area contributed by atoms with Crippen LogP contribution in [0.3, 0.4) is 0 Å². The minimum Gasteiger partial charge on any atom is -0.376 e. The molecule has 194 valence electrons. The lowest BCUT2D eigenvalue weighted by Gasteiger charge is -2.29. The van der Waals surface area contributed by atoms with Gasteiger partial charge in [0.25, 0.3) is 5.91 Å². The number of fused-ring (bicyclic) bond motifs is 1. The second-order valence-corrected chi connectivity index (χ2v) is 9.95. The van der Waals surface area contributed by atoms with Crippen molar-refractivity contribution in [1.29, 1.82) is 0 Å². The fraction of sp³-hybridized carbons (Fsp3) is 0.407. The lowest BCUT2D eigenvalue weighted by atomic mass is 9.92. The maximum atomic E-state index is 13.3. The van der Waals surface area contributed by atoms with Crippen molar-refractivity contribution >= 4 is 29.1 Å². The van der Waals surface area contributed by atoms with E-state index in [1.54, 1.807) is 24.3 Å². The minimum absolute atomic E-state index is 0.0521. The molecule has 2 amide bonds. The van der Waals surface area contributed by atoms with E-state index in [9.17, 15) is 32.3 Å². The van der Waals surface area contributed by atoms with Gasteiger partial charge >= 0.3 is 6.18 Å². The molecule has 2 aliphatic carbocycles. The van der Waals surface area contributed by atoms with Gasteiger partial charge in [-0.05, 0) is 54.2 Å². The quantitative estimate of drug-likeness (QED) is 0.551. The number of anilines is 1. The van der Waals surface area contributed by atoms with E-state index in [0.29, 0.717) is 24.1 Å². The lowest BCUT2D eigenvalue weighted by Crippen LogP contribution is -2.44. The zero-order chi connectivity index (χ0) is 26.4. The molecule has 0 bridgehead atoms. The van der Waals surface area contributed by atoms with Gasteiger partial charge in [0.05, 0.1) is 24.4 Å². The first-order chi connectivity index (χ1) is 17.6. The molecule has 10 heteroatoms. The van der Waals surface area contributed by atoms with Crippen LogP contribution in [-0.4, -0.2) is 47.0 Å². The Bertz CT molecular complexity index is 1270. The Morgan fingerprint density at radius 3 is 2.43 bits per heavy atom. The number of alkyl halides is 3. The van der Waals surface area contributed by atoms with E-state index in [2.05, 4.69) is 10.6 Å². The fourth-order valence-electron chi connectivity index (χ4n) is 5.16. The molecule has 37 heavy (non-hydrogen) atoms. The number of hydrogen-bond donors (Lipinski definition) is 2. The van der Waals surface area contributed by atoms with Crippen molar-refractivity contribution in [2.75, 3.05) is 11.9 Å². The molecule has 0 spiro atoms. The maximum absolute atomic E-state index is 13.3. The van der Waals surface area contributed by atoms with Gasteiger partial charge < -0.3 is 15.5 Å². The van der Waals surface area contributed by atoms with Crippen molar-refractivity contribution < 1.29 is 32.3 Å². The average Bonchev–Trinajstić information content (AvgIpc) is 3.62. The van der Waals surface area contributed by atoms with E-state index >= 15 is 0 Å². The number of Topliss-reactive ketones (excluding diaryl/α,β-unsaturated/α-hetero) is 2. The molecule has 2 N–H and O–H groups in total. The predicted molar refractivity (Wildman–Crippen MR) is 128 cm³/mol. The highest BCUT2D eigenvalue weighted by Crippen LogP contribution is 2.58. The largest absolute Gasteiger partial charge is 0.398 e. The Hall–Kier alpha value is -3.69. The second-order valence-electron chi connectivity index (χ2n) is 9.95. The van der Waals surface area contributed by atoms with Gasteiger partial charge in [-0.15, -0.1) is 0 Å². The summed E-state index contributed by atoms with van der Waals surface area (Å²) in [7, 11) is 0. The molecule has 2 saturated carbocycles. The summed E-state index contributed by atoms with van der Waals surface area (Å²) in [5, 5.41) is 5.70. The third-order valence-electron chi connectivity index (χ3n) is 7.49. The smallest absolute Gasteiger partial charge is 0.376 e. The maximum Gasteiger partial charge on any atom is 0.398 e. The van der Waals surface area contributed by atoms with Crippen LogP contribution in [0.5, 0.6) is 0 Å². The molecule has 5 rings (SSSR count). The molecule has 1 heterocycles. The van der Waals surface area contributed by atoms with E-state index in [1.165, 1.54) is 17.0 Å². The molecule has 2 aromatic carbocycles. The zero-order valence-electron chi connectivity index (χ0n) is 20.0. The molecule has 3 aliphatic rings. The molecule has 1 aliphatic heterocycles. The SMILES string of the molecule is O=C1CC[C@H](N2Cc3cc(CNC(=O)CNc4ccc(C5(C(F)(F)F)CC5)cc4)ccc3C2=O)C(=O)C1. The van der Waals surface area contributed by atoms with E-state index < -0.39 is 17.6 Å². The van der Waals surface area contributed by atoms with Crippen LogP contribution in [0, 0.1) is 0 Å². The van der Waals surface area contributed by atoms with Crippen LogP contribution in [-0.2, 0) is 32.9 Å². The fourth-order valence-corrected chi connectivity index (χ4v) is 5.16. The highest BCUT2D eigenvalue weighted by Gasteiger charge is 2.64. The number of ketones is 2. The Kier molecular flexibility index (Phi) is 6.29. The Labute approximate surface area is 211 Å². The van der Waals surface area contributed by atoms with Crippen LogP contribution in [0.25, 0.3) is 0 Å². The van der Waals surface area contributed by atoms with Crippen LogP contribution >= 0.6 is 0 Å². The van der Waals surface area contributed by atoms with Crippen molar-refractivity contribution in [3.8, 4) is 0 Å². The van der Waals surface area contributed by atoms with Crippen molar-refractivity contribution in [2.45, 2.75) is 62.8 Å². The number of rotatable bonds is 7. The molecule has 2 fully saturated rings. The minimum atomic E-state index is -4.27. The molecule has 0 unspecified atom stereocenters. The lowest BCUT2D eigenvalue weighted by molar-refractivity contribution is -0.160. The third-order valence-corrected chi connectivity index (χ3v) is 7.49. The topological polar surface area (TPSA) is 95.6 Å². The van der Waals surface area contributed by atoms with Crippen LogP contribution in [0.2, 0.25) is 0 Å². The molecule has 1 atom stereocenters. The Morgan fingerprint density at radius 1 is 1.05 bits per heavy atom. The normalized spacial score (nSPS) is 20.6. The monoisotopic (exact) mass is 513 g/mol. The summed E-state index contributed by atoms with van der Waals surface area (Å²) in [4.78, 5) is 50.4. The summed E-state index contributed by atoms with van der Waals surface area (Å²) in [6, 6.07) is 10.7. The molecule has 0 saturated heterocycles. The van der Waals surface area contributed by atoms with Gasteiger partial charge in [0, 0.05) is 30.8 Å². The summed E-state index contributed by atoms with van der Waals surface area (Å²) >= 11 is 0. The number of carbonyl (C=O) groups excluding carboxylic acids is 4. The van der Waals surface area contributed by atoms with Crippen LogP contribution < -0.4 is 10.6 Å². The van der Waals surface area contributed by atoms with Crippen LogP contribution in [0.1, 0.15) is 59.2 Å². The number of benzene rings is 2. The van der Waals surface area contributed by atoms with Gasteiger partial charge in [0.15, 0.2) is 5.78 Å². The number of halogens is 3. The van der Waals surface area contributed by atoms with E-state index in [1.807, 2.05) is 6.07 Å². The molecule has 0 radical (unpaired) electrons. The highest BCUT2D eigenvalue weighted by atomic mass is 19.4. The van der Waals surface area contributed by atoms with Gasteiger partial charge in [-0.2, -0.15) is 13.2 Å². The zero-order valence-corrected chi connectivity index (χ0v) is 20.0. The first kappa shape index (κ1) is 25.0. The standard InChI is InChI=1S/C27H26F3N3O4/c28-27(29,30)26(9-10-26)18-2-4-19(5-3-18)31-14-24(36)32-13-16-1-7-21-17(11-16)15-33(25(21)37)22-8-6-20(34)12-23(22)35/h1-5,7,11,22,31H,6,8-10,12-15H2,(H,32,36)/t22-/m0/s1. The van der Waals surface area contributed by atoms with Crippen LogP contribution in [0.4, 0.5) is 18.9 Å². The Balaban J connectivity index is 1.12. The van der Waals surface area contributed by atoms with Crippen molar-refractivity contribution in [3.05, 3.63) is 64.7 Å². The first-order valence-electron chi connectivity index (χ1n) is 12.2. The number of hydrogen-bond acceptors (Lipinski definition) is 5. The summed E-state index contributed by atoms with van der Waals surface area (Å²) in [5.41, 5.74) is 1.14. The first-order valence-corrected chi connectivity index (χ1v) is 12.2. The third kappa shape index (κ3) is 4.84. The van der Waals surface area contributed by atoms with Crippen molar-refractivity contribution in [1.82, 2.24) is 10.2 Å². The summed E-state index contributed by atoms with van der Waals surface area (Å²) in [5.74, 6) is -0.840. The van der Waals surface area contributed by atoms with Gasteiger partial charge in [-0.3, -0.25) is 19.2 Å². The van der Waals surface area contributed by atoms with Crippen LogP contribution in [0.15, 0.2) is 42.5 Å². The summed E-state index contributed by atoms with van der Waals surface area (Å²) in [6.07, 6.45) is -3.56. The molecular weight excluding hydrogens is 487 g/mol. The second kappa shape index (κ2) is 9.32. The molecule has 0 aromatic heterocycles. The molecule has 2 aromatic rings. The van der Waals surface area contributed by atoms with E-state index in [-0.39, 0.29) is 67.8 Å². The van der Waals surface area contributed by atoms with E-state index in [4.69, 9.17) is 0 Å². The predicted octanol–water partition coefficient (Wildman–Crippen LogP) is 3.66. The van der Waals surface area contributed by atoms with Gasteiger partial charge in [0.2, 0.25) is 5.91 Å². The van der Waals surface area contributed by atoms with Gasteiger partial charge in [-0.25, -0.2) is 0 Å². The molecular formula is C27H26F3N3O4. The van der Waals surface area contributed by atoms with Gasteiger partial charge in [-0.1, -0.05) is 24.3 Å². The van der Waals surface area contributed by atoms with E-state index in [0.717, 1.165) is 11.1 Å². The number of carbonyl (C=O) groups is 4. The Morgan fingerprint density at radius 2 is 1.78 bits per heavy atom. The summed E-state index contributed by atoms with van der Waals surface area (Å²) in [6.45, 7) is 0.461. The summed E-state index contributed by atoms with van der Waals surface area (Å²) < 4.78 is 39.8. The average molecular weight is 514 g/mol. The molecule has 7 nitrogen and oxygen atoms in total. The number of nitrogens with zero attached hydrogens (tertiary/aromatic N) is 1. The number of nitrogens with one attached hydrogen (secondary N) is 2. The van der Waals surface area contributed by atoms with Crippen molar-refractivity contribution in [3.63, 3.8) is 0 Å². The van der Waals surface area contributed by atoms with Crippen molar-refractivity contribution in [2.24, 2.45) is 0 Å². The highest BCUT2D eigenvalue weighted by molar-refractivity contribution is 6.07. The number of amides is 2.